The molecule has 1 amide bonds. The summed E-state index contributed by atoms with van der Waals surface area (Å²) in [6.07, 6.45) is 1.76. The van der Waals surface area contributed by atoms with Crippen LogP contribution >= 0.6 is 46.6 Å². The highest BCUT2D eigenvalue weighted by atomic mass is 127. The fourth-order valence-electron chi connectivity index (χ4n) is 1.97. The van der Waals surface area contributed by atoms with Crippen molar-refractivity contribution in [2.75, 3.05) is 26.9 Å². The zero-order chi connectivity index (χ0) is 17.0. The molecule has 2 rings (SSSR count). The molecule has 23 heavy (non-hydrogen) atoms. The average Bonchev–Trinajstić information content (AvgIpc) is 2.77. The van der Waals surface area contributed by atoms with E-state index in [1.165, 1.54) is 16.7 Å². The third kappa shape index (κ3) is 4.37. The Labute approximate surface area is 158 Å². The third-order valence-electron chi connectivity index (χ3n) is 3.04. The second kappa shape index (κ2) is 8.32. The molecule has 1 aliphatic heterocycles. The SMILES string of the molecule is CCOc1cc(/C=C2/SC(=S)N(CCOC)C2=O)cc(I)c1O. The summed E-state index contributed by atoms with van der Waals surface area (Å²) < 4.78 is 11.6. The Balaban J connectivity index is 2.28. The van der Waals surface area contributed by atoms with E-state index < -0.39 is 0 Å². The van der Waals surface area contributed by atoms with Gasteiger partial charge in [0.1, 0.15) is 4.32 Å². The van der Waals surface area contributed by atoms with E-state index in [1.54, 1.807) is 25.3 Å². The summed E-state index contributed by atoms with van der Waals surface area (Å²) in [5.74, 6) is 0.385. The van der Waals surface area contributed by atoms with Gasteiger partial charge in [-0.15, -0.1) is 0 Å². The lowest BCUT2D eigenvalue weighted by atomic mass is 10.2. The Kier molecular flexibility index (Phi) is 6.69. The van der Waals surface area contributed by atoms with Crippen LogP contribution in [0.4, 0.5) is 0 Å². The van der Waals surface area contributed by atoms with Crippen LogP contribution in [-0.4, -0.2) is 47.1 Å². The van der Waals surface area contributed by atoms with Crippen LogP contribution in [0.25, 0.3) is 6.08 Å². The number of ether oxygens (including phenoxy) is 2. The monoisotopic (exact) mass is 465 g/mol. The van der Waals surface area contributed by atoms with E-state index in [0.717, 1.165) is 5.56 Å². The molecule has 0 radical (unpaired) electrons. The van der Waals surface area contributed by atoms with E-state index in [-0.39, 0.29) is 11.7 Å². The molecule has 8 heteroatoms. The lowest BCUT2D eigenvalue weighted by Crippen LogP contribution is -2.31. The van der Waals surface area contributed by atoms with E-state index in [1.807, 2.05) is 29.5 Å². The minimum atomic E-state index is -0.127. The maximum atomic E-state index is 12.4. The van der Waals surface area contributed by atoms with Crippen molar-refractivity contribution >= 4 is 62.9 Å². The molecule has 0 aromatic heterocycles. The smallest absolute Gasteiger partial charge is 0.266 e. The molecule has 1 heterocycles. The number of phenolic OH excluding ortho intramolecular Hbond substituents is 1. The van der Waals surface area contributed by atoms with Crippen LogP contribution in [0.1, 0.15) is 12.5 Å². The molecule has 0 unspecified atom stereocenters. The number of thiocarbonyl (C=S) groups is 1. The maximum absolute atomic E-state index is 12.4. The van der Waals surface area contributed by atoms with Gasteiger partial charge < -0.3 is 14.6 Å². The Morgan fingerprint density at radius 3 is 2.87 bits per heavy atom. The first kappa shape index (κ1) is 18.5. The highest BCUT2D eigenvalue weighted by Crippen LogP contribution is 2.36. The Morgan fingerprint density at radius 1 is 1.48 bits per heavy atom. The third-order valence-corrected chi connectivity index (χ3v) is 5.24. The molecule has 1 aliphatic rings. The van der Waals surface area contributed by atoms with Crippen LogP contribution < -0.4 is 4.74 Å². The van der Waals surface area contributed by atoms with Gasteiger partial charge in [-0.05, 0) is 53.3 Å². The number of halogens is 1. The molecule has 1 fully saturated rings. The average molecular weight is 465 g/mol. The summed E-state index contributed by atoms with van der Waals surface area (Å²) in [6.45, 7) is 3.17. The molecule has 5 nitrogen and oxygen atoms in total. The number of hydrogen-bond donors (Lipinski definition) is 1. The molecule has 124 valence electrons. The fourth-order valence-corrected chi connectivity index (χ4v) is 3.90. The highest BCUT2D eigenvalue weighted by Gasteiger charge is 2.31. The Bertz CT molecular complexity index is 663. The van der Waals surface area contributed by atoms with Gasteiger partial charge in [-0.3, -0.25) is 9.69 Å². The first-order valence-electron chi connectivity index (χ1n) is 6.87. The number of methoxy groups -OCH3 is 1. The zero-order valence-electron chi connectivity index (χ0n) is 12.7. The standard InChI is InChI=1S/C15H16INO4S2/c1-3-21-11-7-9(6-10(16)13(11)18)8-12-14(19)17(4-5-20-2)15(22)23-12/h6-8,18H,3-5H2,1-2H3/b12-8+. The molecule has 0 bridgehead atoms. The summed E-state index contributed by atoms with van der Waals surface area (Å²) in [7, 11) is 1.58. The highest BCUT2D eigenvalue weighted by molar-refractivity contribution is 14.1. The quantitative estimate of drug-likeness (QED) is 0.396. The van der Waals surface area contributed by atoms with Gasteiger partial charge in [0.15, 0.2) is 11.5 Å². The number of benzene rings is 1. The van der Waals surface area contributed by atoms with E-state index in [0.29, 0.717) is 38.3 Å². The van der Waals surface area contributed by atoms with Crippen molar-refractivity contribution in [3.63, 3.8) is 0 Å². The van der Waals surface area contributed by atoms with Gasteiger partial charge in [0.25, 0.3) is 5.91 Å². The maximum Gasteiger partial charge on any atom is 0.266 e. The van der Waals surface area contributed by atoms with Crippen molar-refractivity contribution in [1.29, 1.82) is 0 Å². The van der Waals surface area contributed by atoms with Crippen LogP contribution in [0.2, 0.25) is 0 Å². The van der Waals surface area contributed by atoms with Crippen molar-refractivity contribution in [2.24, 2.45) is 0 Å². The van der Waals surface area contributed by atoms with E-state index >= 15 is 0 Å². The predicted octanol–water partition coefficient (Wildman–Crippen LogP) is 3.24. The van der Waals surface area contributed by atoms with Gasteiger partial charge in [-0.1, -0.05) is 24.0 Å². The minimum Gasteiger partial charge on any atom is -0.504 e. The topological polar surface area (TPSA) is 59.0 Å². The molecule has 1 N–H and O–H groups in total. The Hall–Kier alpha value is -0.840. The molecule has 1 aromatic carbocycles. The van der Waals surface area contributed by atoms with E-state index in [2.05, 4.69) is 0 Å². The number of phenols is 1. The van der Waals surface area contributed by atoms with Gasteiger partial charge in [-0.25, -0.2) is 0 Å². The van der Waals surface area contributed by atoms with Crippen LogP contribution in [-0.2, 0) is 9.53 Å². The van der Waals surface area contributed by atoms with Gasteiger partial charge in [0, 0.05) is 7.11 Å². The summed E-state index contributed by atoms with van der Waals surface area (Å²) >= 11 is 8.54. The summed E-state index contributed by atoms with van der Waals surface area (Å²) in [5, 5.41) is 9.98. The number of amides is 1. The molecular weight excluding hydrogens is 449 g/mol. The predicted molar refractivity (Wildman–Crippen MR) is 104 cm³/mol. The second-order valence-corrected chi connectivity index (χ2v) is 7.45. The van der Waals surface area contributed by atoms with Gasteiger partial charge in [0.2, 0.25) is 0 Å². The van der Waals surface area contributed by atoms with Crippen LogP contribution in [0.3, 0.4) is 0 Å². The number of carbonyl (C=O) groups excluding carboxylic acids is 1. The van der Waals surface area contributed by atoms with Crippen molar-refractivity contribution in [3.05, 3.63) is 26.2 Å². The number of aromatic hydroxyl groups is 1. The zero-order valence-corrected chi connectivity index (χ0v) is 16.5. The van der Waals surface area contributed by atoms with Gasteiger partial charge >= 0.3 is 0 Å². The number of nitrogens with zero attached hydrogens (tertiary/aromatic N) is 1. The first-order chi connectivity index (χ1) is 11.0. The van der Waals surface area contributed by atoms with Crippen molar-refractivity contribution < 1.29 is 19.4 Å². The minimum absolute atomic E-state index is 0.109. The summed E-state index contributed by atoms with van der Waals surface area (Å²) in [4.78, 5) is 14.5. The van der Waals surface area contributed by atoms with Crippen LogP contribution in [0.15, 0.2) is 17.0 Å². The molecule has 1 aromatic rings. The second-order valence-electron chi connectivity index (χ2n) is 4.61. The summed E-state index contributed by atoms with van der Waals surface area (Å²) in [6, 6.07) is 3.50. The number of thioether (sulfide) groups is 1. The van der Waals surface area contributed by atoms with Crippen molar-refractivity contribution in [2.45, 2.75) is 6.92 Å². The van der Waals surface area contributed by atoms with Crippen LogP contribution in [0.5, 0.6) is 11.5 Å². The molecular formula is C15H16INO4S2. The molecule has 1 saturated heterocycles. The largest absolute Gasteiger partial charge is 0.504 e. The van der Waals surface area contributed by atoms with E-state index in [9.17, 15) is 9.90 Å². The fraction of sp³-hybridized carbons (Fsp3) is 0.333. The van der Waals surface area contributed by atoms with Crippen LogP contribution in [0, 0.1) is 3.57 Å². The van der Waals surface area contributed by atoms with Crippen molar-refractivity contribution in [3.8, 4) is 11.5 Å². The Morgan fingerprint density at radius 2 is 2.22 bits per heavy atom. The lowest BCUT2D eigenvalue weighted by Gasteiger charge is -2.13. The van der Waals surface area contributed by atoms with Gasteiger partial charge in [0.05, 0.1) is 28.2 Å². The first-order valence-corrected chi connectivity index (χ1v) is 9.17. The van der Waals surface area contributed by atoms with Gasteiger partial charge in [-0.2, -0.15) is 0 Å². The molecule has 0 saturated carbocycles. The van der Waals surface area contributed by atoms with E-state index in [4.69, 9.17) is 21.7 Å². The summed E-state index contributed by atoms with van der Waals surface area (Å²) in [5.41, 5.74) is 0.780. The molecule has 0 atom stereocenters. The number of rotatable bonds is 6. The number of hydrogen-bond acceptors (Lipinski definition) is 6. The molecule has 0 aliphatic carbocycles. The lowest BCUT2D eigenvalue weighted by molar-refractivity contribution is -0.122. The van der Waals surface area contributed by atoms with Crippen molar-refractivity contribution in [1.82, 2.24) is 4.90 Å². The normalized spacial score (nSPS) is 16.5. The molecule has 0 spiro atoms. The number of carbonyl (C=O) groups is 1.